The van der Waals surface area contributed by atoms with Crippen molar-refractivity contribution in [2.24, 2.45) is 0 Å². The van der Waals surface area contributed by atoms with Crippen LogP contribution in [0.2, 0.25) is 0 Å². The van der Waals surface area contributed by atoms with Crippen molar-refractivity contribution in [1.82, 2.24) is 0 Å². The summed E-state index contributed by atoms with van der Waals surface area (Å²) >= 11 is 0. The third kappa shape index (κ3) is 7.68. The topological polar surface area (TPSA) is 55.4 Å². The average Bonchev–Trinajstić information content (AvgIpc) is 3.70. The van der Waals surface area contributed by atoms with Gasteiger partial charge in [-0.05, 0) is 203 Å². The van der Waals surface area contributed by atoms with Gasteiger partial charge in [0.05, 0.1) is 21.3 Å². The second-order valence-electron chi connectivity index (χ2n) is 22.0. The first-order chi connectivity index (χ1) is 39.9. The molecule has 6 nitrogen and oxygen atoms in total. The van der Waals surface area contributed by atoms with Gasteiger partial charge in [0.25, 0.3) is 0 Å². The zero-order valence-electron chi connectivity index (χ0n) is 45.2. The minimum Gasteiger partial charge on any atom is -0.493 e. The number of hydrogen-bond donors (Lipinski definition) is 0. The highest BCUT2D eigenvalue weighted by Crippen LogP contribution is 2.45. The number of methoxy groups -OCH3 is 3. The predicted octanol–water partition coefficient (Wildman–Crippen LogP) is 18.2. The van der Waals surface area contributed by atoms with E-state index in [1.807, 2.05) is 0 Å². The largest absolute Gasteiger partial charge is 0.493 e. The Morgan fingerprint density at radius 1 is 0.247 bits per heavy atom. The van der Waals surface area contributed by atoms with Crippen LogP contribution in [0.5, 0.6) is 34.5 Å². The van der Waals surface area contributed by atoms with Crippen molar-refractivity contribution in [2.75, 3.05) is 21.3 Å². The first kappa shape index (κ1) is 47.2. The van der Waals surface area contributed by atoms with E-state index in [-0.39, 0.29) is 0 Å². The zero-order chi connectivity index (χ0) is 53.9. The van der Waals surface area contributed by atoms with E-state index in [0.717, 1.165) is 50.1 Å². The molecule has 0 fully saturated rings. The van der Waals surface area contributed by atoms with E-state index in [4.69, 9.17) is 28.4 Å². The molecule has 0 unspecified atom stereocenters. The van der Waals surface area contributed by atoms with Crippen LogP contribution in [-0.2, 0) is 39.1 Å². The van der Waals surface area contributed by atoms with Gasteiger partial charge in [0.15, 0.2) is 34.5 Å². The maximum Gasteiger partial charge on any atom is 0.161 e. The third-order valence-corrected chi connectivity index (χ3v) is 17.6. The van der Waals surface area contributed by atoms with E-state index in [0.29, 0.717) is 73.6 Å². The summed E-state index contributed by atoms with van der Waals surface area (Å²) in [5, 5.41) is 22.4. The summed E-state index contributed by atoms with van der Waals surface area (Å²) in [6.45, 7) is 1.11. The van der Waals surface area contributed by atoms with E-state index in [2.05, 4.69) is 200 Å². The van der Waals surface area contributed by atoms with Crippen molar-refractivity contribution in [3.8, 4) is 34.5 Å². The van der Waals surface area contributed by atoms with Crippen molar-refractivity contribution in [3.63, 3.8) is 0 Å². The highest BCUT2D eigenvalue weighted by Gasteiger charge is 2.24. The molecule has 0 heterocycles. The summed E-state index contributed by atoms with van der Waals surface area (Å²) < 4.78 is 39.5. The zero-order valence-corrected chi connectivity index (χ0v) is 45.2. The molecule has 390 valence electrons. The first-order valence-corrected chi connectivity index (χ1v) is 27.9. The standard InChI is InChI=1S/C75H54O6/c1-76-64-34-55-31-59-38-68(80-41-53-23-20-50-17-14-44-8-5-11-47-26-29-62(53)74(50)71(44)47)66(78-3)36-57(59)33-60-39-69(81-42-54-24-21-51-18-15-45-9-6-12-48-27-30-63(54)75(51)72(45)48)65(77-2)35-56(60)32-58(55)37-67(64)79-40-52-22-19-49-16-13-43-7-4-10-46-25-28-61(52)73(49)70(43)46/h4-30,34-39H,31-33,40-42H2,1-3H3. The second kappa shape index (κ2) is 18.7. The monoisotopic (exact) mass is 1050 g/mol. The number of fused-ring (bicyclic) bond motifs is 3. The summed E-state index contributed by atoms with van der Waals surface area (Å²) in [6.07, 6.45) is 1.87. The van der Waals surface area contributed by atoms with E-state index >= 15 is 0 Å². The van der Waals surface area contributed by atoms with Crippen molar-refractivity contribution in [1.29, 1.82) is 0 Å². The van der Waals surface area contributed by atoms with Gasteiger partial charge in [-0.3, -0.25) is 0 Å². The van der Waals surface area contributed by atoms with Gasteiger partial charge in [0.1, 0.15) is 19.8 Å². The molecule has 6 heteroatoms. The number of rotatable bonds is 12. The normalized spacial score (nSPS) is 12.6. The summed E-state index contributed by atoms with van der Waals surface area (Å²) in [4.78, 5) is 0. The van der Waals surface area contributed by atoms with E-state index < -0.39 is 0 Å². The SMILES string of the molecule is COc1cc2c(cc1OCc1ccc3ccc4cccc5ccc1c3c45)Cc1cc(OC)c(OCc3ccc4ccc5cccc6ccc3c4c56)cc1Cc1cc(OC)c(OCc3ccc4ccc5cccc6ccc3c4c56)cc1C2. The molecule has 0 N–H and O–H groups in total. The molecule has 1 aliphatic rings. The van der Waals surface area contributed by atoms with Crippen molar-refractivity contribution >= 4 is 97.0 Å². The van der Waals surface area contributed by atoms with Crippen LogP contribution < -0.4 is 28.4 Å². The molecule has 0 radical (unpaired) electrons. The lowest BCUT2D eigenvalue weighted by atomic mass is 9.92. The lowest BCUT2D eigenvalue weighted by Crippen LogP contribution is -2.05. The summed E-state index contributed by atoms with van der Waals surface area (Å²) in [5.74, 6) is 4.11. The van der Waals surface area contributed by atoms with Crippen LogP contribution in [0.3, 0.4) is 0 Å². The molecular formula is C75H54O6. The van der Waals surface area contributed by atoms with Gasteiger partial charge in [-0.25, -0.2) is 0 Å². The van der Waals surface area contributed by atoms with E-state index in [1.54, 1.807) is 21.3 Å². The molecule has 15 aromatic carbocycles. The highest BCUT2D eigenvalue weighted by atomic mass is 16.5. The maximum atomic E-state index is 6.92. The summed E-state index contributed by atoms with van der Waals surface area (Å²) in [5.41, 5.74) is 10.1. The van der Waals surface area contributed by atoms with Crippen LogP contribution in [0.4, 0.5) is 0 Å². The van der Waals surface area contributed by atoms with Crippen LogP contribution in [0, 0.1) is 0 Å². The molecule has 15 aromatic rings. The van der Waals surface area contributed by atoms with Crippen LogP contribution in [0.1, 0.15) is 50.1 Å². The first-order valence-electron chi connectivity index (χ1n) is 27.9. The lowest BCUT2D eigenvalue weighted by molar-refractivity contribution is 0.285. The van der Waals surface area contributed by atoms with Crippen molar-refractivity contribution in [3.05, 3.63) is 250 Å². The second-order valence-corrected chi connectivity index (χ2v) is 22.0. The minimum atomic E-state index is 0.371. The van der Waals surface area contributed by atoms with E-state index in [9.17, 15) is 0 Å². The van der Waals surface area contributed by atoms with Crippen molar-refractivity contribution in [2.45, 2.75) is 39.1 Å². The Kier molecular flexibility index (Phi) is 10.9. The molecule has 0 aliphatic heterocycles. The minimum absolute atomic E-state index is 0.371. The van der Waals surface area contributed by atoms with Crippen LogP contribution in [0.25, 0.3) is 97.0 Å². The van der Waals surface area contributed by atoms with Gasteiger partial charge < -0.3 is 28.4 Å². The fourth-order valence-electron chi connectivity index (χ4n) is 13.6. The molecule has 81 heavy (non-hydrogen) atoms. The molecule has 0 spiro atoms. The molecule has 0 amide bonds. The quantitative estimate of drug-likeness (QED) is 0.114. The van der Waals surface area contributed by atoms with Crippen LogP contribution in [-0.4, -0.2) is 21.3 Å². The van der Waals surface area contributed by atoms with E-state index in [1.165, 1.54) is 97.0 Å². The summed E-state index contributed by atoms with van der Waals surface area (Å²) in [6, 6.07) is 72.7. The van der Waals surface area contributed by atoms with Crippen LogP contribution >= 0.6 is 0 Å². The van der Waals surface area contributed by atoms with Crippen molar-refractivity contribution < 1.29 is 28.4 Å². The Labute approximate surface area is 468 Å². The van der Waals surface area contributed by atoms with Gasteiger partial charge >= 0.3 is 0 Å². The Morgan fingerprint density at radius 3 is 0.728 bits per heavy atom. The molecule has 1 aliphatic carbocycles. The Morgan fingerprint density at radius 2 is 0.469 bits per heavy atom. The van der Waals surface area contributed by atoms with Gasteiger partial charge in [0, 0.05) is 0 Å². The molecule has 0 saturated heterocycles. The fraction of sp³-hybridized carbons (Fsp3) is 0.120. The molecular weight excluding hydrogens is 997 g/mol. The molecule has 0 bridgehead atoms. The Bertz CT molecular complexity index is 4450. The molecule has 0 saturated carbocycles. The van der Waals surface area contributed by atoms with Gasteiger partial charge in [0.2, 0.25) is 0 Å². The Balaban J connectivity index is 0.789. The Hall–Kier alpha value is -9.78. The smallest absolute Gasteiger partial charge is 0.161 e. The van der Waals surface area contributed by atoms with Crippen LogP contribution in [0.15, 0.2) is 200 Å². The molecule has 0 aromatic heterocycles. The third-order valence-electron chi connectivity index (χ3n) is 17.6. The number of hydrogen-bond acceptors (Lipinski definition) is 6. The predicted molar refractivity (Wildman–Crippen MR) is 331 cm³/mol. The number of ether oxygens (including phenoxy) is 6. The van der Waals surface area contributed by atoms with Gasteiger partial charge in [-0.2, -0.15) is 0 Å². The van der Waals surface area contributed by atoms with Gasteiger partial charge in [-0.1, -0.05) is 164 Å². The number of benzene rings is 15. The maximum absolute atomic E-state index is 6.92. The lowest BCUT2D eigenvalue weighted by Gasteiger charge is -2.19. The highest BCUT2D eigenvalue weighted by molar-refractivity contribution is 6.25. The molecule has 0 atom stereocenters. The average molecular weight is 1050 g/mol. The van der Waals surface area contributed by atoms with Gasteiger partial charge in [-0.15, -0.1) is 0 Å². The molecule has 16 rings (SSSR count). The fourth-order valence-corrected chi connectivity index (χ4v) is 13.6. The summed E-state index contributed by atoms with van der Waals surface area (Å²) in [7, 11) is 5.19.